The van der Waals surface area contributed by atoms with Crippen molar-refractivity contribution in [3.05, 3.63) is 59.7 Å². The Bertz CT molecular complexity index is 969. The van der Waals surface area contributed by atoms with Crippen LogP contribution in [0.25, 0.3) is 0 Å². The van der Waals surface area contributed by atoms with Gasteiger partial charge in [0.15, 0.2) is 0 Å². The van der Waals surface area contributed by atoms with Gasteiger partial charge >= 0.3 is 0 Å². The van der Waals surface area contributed by atoms with E-state index in [0.29, 0.717) is 6.54 Å². The fourth-order valence-electron chi connectivity index (χ4n) is 3.78. The molecule has 1 atom stereocenters. The molecule has 2 aromatic rings. The van der Waals surface area contributed by atoms with Gasteiger partial charge < -0.3 is 10.1 Å². The number of aryl methyl sites for hydroxylation is 1. The van der Waals surface area contributed by atoms with E-state index in [-0.39, 0.29) is 23.4 Å². The van der Waals surface area contributed by atoms with E-state index in [1.54, 1.807) is 31.4 Å². The number of carbonyl (C=O) groups excluding carboxylic acids is 1. The average Bonchev–Trinajstić information content (AvgIpc) is 3.29. The maximum absolute atomic E-state index is 12.7. The predicted molar refractivity (Wildman–Crippen MR) is 121 cm³/mol. The van der Waals surface area contributed by atoms with E-state index in [1.165, 1.54) is 7.05 Å². The van der Waals surface area contributed by atoms with E-state index < -0.39 is 10.0 Å². The minimum Gasteiger partial charge on any atom is -0.497 e. The molecule has 1 aliphatic heterocycles. The Balaban J connectivity index is 1.64. The first-order valence-electron chi connectivity index (χ1n) is 10.5. The highest BCUT2D eigenvalue weighted by molar-refractivity contribution is 7.89. The molecule has 0 unspecified atom stereocenters. The molecule has 0 radical (unpaired) electrons. The molecule has 1 saturated heterocycles. The number of likely N-dealkylation sites (N-methyl/N-ethyl adjacent to an activating group) is 1. The highest BCUT2D eigenvalue weighted by atomic mass is 32.2. The van der Waals surface area contributed by atoms with Crippen LogP contribution in [-0.4, -0.2) is 63.9 Å². The van der Waals surface area contributed by atoms with Crippen molar-refractivity contribution in [3.8, 4) is 5.75 Å². The lowest BCUT2D eigenvalue weighted by Crippen LogP contribution is -2.42. The molecular weight excluding hydrogens is 414 g/mol. The Labute approximate surface area is 185 Å². The van der Waals surface area contributed by atoms with Gasteiger partial charge in [0.2, 0.25) is 15.9 Å². The lowest BCUT2D eigenvalue weighted by atomic mass is 10.1. The van der Waals surface area contributed by atoms with Crippen LogP contribution in [0.3, 0.4) is 0 Å². The summed E-state index contributed by atoms with van der Waals surface area (Å²) in [6, 6.07) is 14.5. The van der Waals surface area contributed by atoms with Gasteiger partial charge in [-0.2, -0.15) is 4.31 Å². The normalized spacial score (nSPS) is 15.7. The van der Waals surface area contributed by atoms with Crippen LogP contribution in [0, 0.1) is 6.92 Å². The molecule has 1 N–H and O–H groups in total. The molecule has 0 saturated carbocycles. The van der Waals surface area contributed by atoms with Gasteiger partial charge in [0.05, 0.1) is 24.6 Å². The second-order valence-electron chi connectivity index (χ2n) is 7.91. The second-order valence-corrected chi connectivity index (χ2v) is 9.96. The number of carbonyl (C=O) groups is 1. The number of benzene rings is 2. The summed E-state index contributed by atoms with van der Waals surface area (Å²) in [5, 5.41) is 2.93. The Morgan fingerprint density at radius 1 is 1.10 bits per heavy atom. The van der Waals surface area contributed by atoms with Crippen LogP contribution in [0.2, 0.25) is 0 Å². The first-order valence-corrected chi connectivity index (χ1v) is 11.9. The highest BCUT2D eigenvalue weighted by Gasteiger charge is 2.26. The van der Waals surface area contributed by atoms with Crippen molar-refractivity contribution in [1.29, 1.82) is 0 Å². The van der Waals surface area contributed by atoms with Gasteiger partial charge in [-0.25, -0.2) is 8.42 Å². The van der Waals surface area contributed by atoms with Crippen molar-refractivity contribution in [2.45, 2.75) is 30.7 Å². The monoisotopic (exact) mass is 445 g/mol. The van der Waals surface area contributed by atoms with Crippen LogP contribution in [-0.2, 0) is 14.8 Å². The van der Waals surface area contributed by atoms with E-state index in [9.17, 15) is 13.2 Å². The minimum absolute atomic E-state index is 0.0383. The number of hydrogen-bond donors (Lipinski definition) is 1. The second kappa shape index (κ2) is 10.3. The molecule has 0 spiro atoms. The number of amides is 1. The highest BCUT2D eigenvalue weighted by Crippen LogP contribution is 2.26. The maximum Gasteiger partial charge on any atom is 0.243 e. The number of nitrogens with one attached hydrogen (secondary N) is 1. The molecule has 31 heavy (non-hydrogen) atoms. The first-order chi connectivity index (χ1) is 14.8. The number of hydrogen-bond acceptors (Lipinski definition) is 5. The Morgan fingerprint density at radius 3 is 2.29 bits per heavy atom. The Hall–Kier alpha value is -2.42. The minimum atomic E-state index is -3.72. The van der Waals surface area contributed by atoms with Crippen LogP contribution < -0.4 is 10.1 Å². The van der Waals surface area contributed by atoms with Gasteiger partial charge in [0, 0.05) is 13.6 Å². The average molecular weight is 446 g/mol. The molecule has 2 aromatic carbocycles. The maximum atomic E-state index is 12.7. The number of rotatable bonds is 9. The molecule has 1 amide bonds. The van der Waals surface area contributed by atoms with Gasteiger partial charge in [-0.05, 0) is 62.7 Å². The summed E-state index contributed by atoms with van der Waals surface area (Å²) in [4.78, 5) is 15.1. The zero-order valence-electron chi connectivity index (χ0n) is 18.4. The van der Waals surface area contributed by atoms with E-state index in [4.69, 9.17) is 4.74 Å². The van der Waals surface area contributed by atoms with E-state index in [2.05, 4.69) is 10.2 Å². The van der Waals surface area contributed by atoms with Gasteiger partial charge in [-0.1, -0.05) is 29.8 Å². The van der Waals surface area contributed by atoms with Crippen LogP contribution in [0.1, 0.15) is 30.0 Å². The summed E-state index contributed by atoms with van der Waals surface area (Å²) in [6.45, 7) is 4.05. The van der Waals surface area contributed by atoms with Crippen LogP contribution in [0.15, 0.2) is 53.4 Å². The summed E-state index contributed by atoms with van der Waals surface area (Å²) in [7, 11) is -0.657. The fraction of sp³-hybridized carbons (Fsp3) is 0.435. The summed E-state index contributed by atoms with van der Waals surface area (Å²) in [5.74, 6) is 0.465. The molecule has 0 aromatic heterocycles. The molecule has 1 aliphatic rings. The van der Waals surface area contributed by atoms with Crippen molar-refractivity contribution in [2.75, 3.05) is 40.3 Å². The standard InChI is InChI=1S/C23H31N3O4S/c1-18-6-12-21(13-7-18)31(28,29)25(2)17-23(27)24-16-22(26-14-4-5-15-26)19-8-10-20(30-3)11-9-19/h6-13,22H,4-5,14-17H2,1-3H3,(H,24,27)/t22-/m1/s1. The Morgan fingerprint density at radius 2 is 1.71 bits per heavy atom. The number of ether oxygens (including phenoxy) is 1. The molecular formula is C23H31N3O4S. The van der Waals surface area contributed by atoms with Crippen molar-refractivity contribution < 1.29 is 17.9 Å². The third-order valence-electron chi connectivity index (χ3n) is 5.67. The van der Waals surface area contributed by atoms with Crippen LogP contribution in [0.5, 0.6) is 5.75 Å². The van der Waals surface area contributed by atoms with E-state index in [0.717, 1.165) is 47.1 Å². The van der Waals surface area contributed by atoms with Crippen LogP contribution in [0.4, 0.5) is 0 Å². The molecule has 0 aliphatic carbocycles. The number of likely N-dealkylation sites (tertiary alicyclic amines) is 1. The van der Waals surface area contributed by atoms with Gasteiger partial charge in [0.25, 0.3) is 0 Å². The quantitative estimate of drug-likeness (QED) is 0.642. The summed E-state index contributed by atoms with van der Waals surface area (Å²) in [6.07, 6.45) is 2.27. The topological polar surface area (TPSA) is 79.0 Å². The van der Waals surface area contributed by atoms with Crippen LogP contribution >= 0.6 is 0 Å². The number of sulfonamides is 1. The first kappa shape index (κ1) is 23.2. The van der Waals surface area contributed by atoms with Crippen molar-refractivity contribution in [2.24, 2.45) is 0 Å². The molecule has 0 bridgehead atoms. The largest absolute Gasteiger partial charge is 0.497 e. The summed E-state index contributed by atoms with van der Waals surface area (Å²) < 4.78 is 31.8. The smallest absolute Gasteiger partial charge is 0.243 e. The Kier molecular flexibility index (Phi) is 7.69. The number of methoxy groups -OCH3 is 1. The zero-order chi connectivity index (χ0) is 22.4. The predicted octanol–water partition coefficient (Wildman–Crippen LogP) is 2.58. The van der Waals surface area contributed by atoms with Crippen molar-refractivity contribution in [3.63, 3.8) is 0 Å². The third kappa shape index (κ3) is 5.84. The fourth-order valence-corrected chi connectivity index (χ4v) is 4.91. The summed E-state index contributed by atoms with van der Waals surface area (Å²) >= 11 is 0. The SMILES string of the molecule is COc1ccc([C@@H](CNC(=O)CN(C)S(=O)(=O)c2ccc(C)cc2)N2CCCC2)cc1. The van der Waals surface area contributed by atoms with Crippen molar-refractivity contribution >= 4 is 15.9 Å². The van der Waals surface area contributed by atoms with Gasteiger partial charge in [-0.3, -0.25) is 9.69 Å². The molecule has 8 heteroatoms. The molecule has 7 nitrogen and oxygen atoms in total. The van der Waals surface area contributed by atoms with Gasteiger partial charge in [0.1, 0.15) is 5.75 Å². The molecule has 168 valence electrons. The summed E-state index contributed by atoms with van der Waals surface area (Å²) in [5.41, 5.74) is 2.08. The molecule has 1 fully saturated rings. The lowest BCUT2D eigenvalue weighted by Gasteiger charge is -2.28. The molecule has 3 rings (SSSR count). The van der Waals surface area contributed by atoms with Crippen molar-refractivity contribution in [1.82, 2.24) is 14.5 Å². The van der Waals surface area contributed by atoms with Gasteiger partial charge in [-0.15, -0.1) is 0 Å². The van der Waals surface area contributed by atoms with E-state index in [1.807, 2.05) is 31.2 Å². The number of nitrogens with zero attached hydrogens (tertiary/aromatic N) is 2. The lowest BCUT2D eigenvalue weighted by molar-refractivity contribution is -0.121. The zero-order valence-corrected chi connectivity index (χ0v) is 19.2. The third-order valence-corrected chi connectivity index (χ3v) is 7.49. The molecule has 1 heterocycles. The van der Waals surface area contributed by atoms with E-state index >= 15 is 0 Å².